The quantitative estimate of drug-likeness (QED) is 0.677. The molecule has 1 fully saturated rings. The predicted octanol–water partition coefficient (Wildman–Crippen LogP) is 2.75. The number of rotatable bonds is 8. The Hall–Kier alpha value is -1.84. The zero-order valence-corrected chi connectivity index (χ0v) is 18.1. The molecule has 0 aromatic heterocycles. The van der Waals surface area contributed by atoms with Crippen molar-refractivity contribution in [2.75, 3.05) is 24.6 Å². The van der Waals surface area contributed by atoms with Gasteiger partial charge in [-0.2, -0.15) is 0 Å². The van der Waals surface area contributed by atoms with E-state index in [1.807, 2.05) is 0 Å². The van der Waals surface area contributed by atoms with Gasteiger partial charge in [-0.1, -0.05) is 57.9 Å². The van der Waals surface area contributed by atoms with E-state index < -0.39 is 9.84 Å². The molecule has 1 saturated heterocycles. The maximum atomic E-state index is 12.7. The number of sulfone groups is 1. The summed E-state index contributed by atoms with van der Waals surface area (Å²) in [5, 5.41) is 3.12. The maximum Gasteiger partial charge on any atom is 0.234 e. The van der Waals surface area contributed by atoms with E-state index in [9.17, 15) is 13.2 Å². The number of terminal acetylenes is 1. The first kappa shape index (κ1) is 22.4. The molecule has 154 valence electrons. The van der Waals surface area contributed by atoms with E-state index >= 15 is 0 Å². The van der Waals surface area contributed by atoms with Gasteiger partial charge in [0.25, 0.3) is 0 Å². The smallest absolute Gasteiger partial charge is 0.234 e. The standard InChI is InChI=1S/C22H32N2O3S/c1-6-12-24(20-11-13-28(26,27)15-20)14-21(25)23-22(17(4)5)19-9-7-18(8-10-19)16(2)3/h1,7-10,16-17,20,22H,11-15H2,2-5H3,(H,23,25). The third kappa shape index (κ3) is 6.08. The van der Waals surface area contributed by atoms with Crippen LogP contribution in [0.2, 0.25) is 0 Å². The molecule has 2 unspecified atom stereocenters. The first-order valence-corrected chi connectivity index (χ1v) is 11.7. The van der Waals surface area contributed by atoms with Gasteiger partial charge in [0.1, 0.15) is 0 Å². The first-order chi connectivity index (χ1) is 13.1. The lowest BCUT2D eigenvalue weighted by molar-refractivity contribution is -0.123. The molecule has 0 aliphatic carbocycles. The average molecular weight is 405 g/mol. The van der Waals surface area contributed by atoms with E-state index in [1.165, 1.54) is 5.56 Å². The fourth-order valence-corrected chi connectivity index (χ4v) is 5.38. The van der Waals surface area contributed by atoms with E-state index in [1.54, 1.807) is 4.90 Å². The number of amides is 1. The highest BCUT2D eigenvalue weighted by Gasteiger charge is 2.33. The van der Waals surface area contributed by atoms with E-state index in [0.717, 1.165) is 5.56 Å². The van der Waals surface area contributed by atoms with Gasteiger partial charge in [0.05, 0.1) is 30.6 Å². The Labute approximate surface area is 169 Å². The molecule has 28 heavy (non-hydrogen) atoms. The van der Waals surface area contributed by atoms with E-state index in [-0.39, 0.29) is 48.5 Å². The van der Waals surface area contributed by atoms with Crippen molar-refractivity contribution in [2.24, 2.45) is 5.92 Å². The van der Waals surface area contributed by atoms with Crippen molar-refractivity contribution in [2.45, 2.75) is 52.1 Å². The molecule has 1 amide bonds. The summed E-state index contributed by atoms with van der Waals surface area (Å²) in [6.45, 7) is 8.83. The molecule has 0 radical (unpaired) electrons. The molecular formula is C22H32N2O3S. The molecule has 1 heterocycles. The van der Waals surface area contributed by atoms with Gasteiger partial charge >= 0.3 is 0 Å². The normalized spacial score (nSPS) is 19.7. The highest BCUT2D eigenvalue weighted by atomic mass is 32.2. The van der Waals surface area contributed by atoms with Crippen LogP contribution in [0.5, 0.6) is 0 Å². The summed E-state index contributed by atoms with van der Waals surface area (Å²) in [7, 11) is -3.03. The minimum Gasteiger partial charge on any atom is -0.348 e. The second-order valence-corrected chi connectivity index (χ2v) is 10.5. The van der Waals surface area contributed by atoms with Gasteiger partial charge in [0, 0.05) is 6.04 Å². The molecule has 1 aliphatic heterocycles. The number of carbonyl (C=O) groups excluding carboxylic acids is 1. The zero-order chi connectivity index (χ0) is 20.9. The Bertz CT molecular complexity index is 807. The van der Waals surface area contributed by atoms with E-state index in [2.05, 4.69) is 63.2 Å². The van der Waals surface area contributed by atoms with Gasteiger partial charge in [-0.3, -0.25) is 9.69 Å². The van der Waals surface area contributed by atoms with Crippen LogP contribution in [0.3, 0.4) is 0 Å². The van der Waals surface area contributed by atoms with E-state index in [0.29, 0.717) is 12.3 Å². The number of nitrogens with zero attached hydrogens (tertiary/aromatic N) is 1. The minimum atomic E-state index is -3.03. The molecule has 5 nitrogen and oxygen atoms in total. The molecule has 1 aliphatic rings. The molecule has 1 aromatic rings. The third-order valence-corrected chi connectivity index (χ3v) is 7.06. The van der Waals surface area contributed by atoms with Crippen LogP contribution in [-0.2, 0) is 14.6 Å². The largest absolute Gasteiger partial charge is 0.348 e. The molecule has 0 bridgehead atoms. The van der Waals surface area contributed by atoms with Crippen molar-refractivity contribution < 1.29 is 13.2 Å². The molecule has 0 saturated carbocycles. The SMILES string of the molecule is C#CCN(CC(=O)NC(c1ccc(C(C)C)cc1)C(C)C)C1CCS(=O)(=O)C1. The third-order valence-electron chi connectivity index (χ3n) is 5.31. The summed E-state index contributed by atoms with van der Waals surface area (Å²) in [5.74, 6) is 3.34. The van der Waals surface area contributed by atoms with Crippen molar-refractivity contribution in [1.29, 1.82) is 0 Å². The van der Waals surface area contributed by atoms with Crippen LogP contribution >= 0.6 is 0 Å². The summed E-state index contributed by atoms with van der Waals surface area (Å²) in [6, 6.07) is 8.07. The van der Waals surface area contributed by atoms with Crippen molar-refractivity contribution in [3.8, 4) is 12.3 Å². The Balaban J connectivity index is 2.07. The summed E-state index contributed by atoms with van der Waals surface area (Å²) in [6.07, 6.45) is 5.98. The van der Waals surface area contributed by atoms with Gasteiger partial charge in [-0.15, -0.1) is 6.42 Å². The first-order valence-electron chi connectivity index (χ1n) is 9.90. The molecule has 1 aromatic carbocycles. The Morgan fingerprint density at radius 1 is 1.21 bits per heavy atom. The van der Waals surface area contributed by atoms with Gasteiger partial charge < -0.3 is 5.32 Å². The van der Waals surface area contributed by atoms with Crippen LogP contribution in [0.25, 0.3) is 0 Å². The highest BCUT2D eigenvalue weighted by Crippen LogP contribution is 2.24. The van der Waals surface area contributed by atoms with Crippen molar-refractivity contribution in [3.63, 3.8) is 0 Å². The number of carbonyl (C=O) groups is 1. The Morgan fingerprint density at radius 2 is 1.82 bits per heavy atom. The lowest BCUT2D eigenvalue weighted by Crippen LogP contribution is -2.45. The molecule has 2 rings (SSSR count). The lowest BCUT2D eigenvalue weighted by Gasteiger charge is -2.28. The topological polar surface area (TPSA) is 66.5 Å². The van der Waals surface area contributed by atoms with Crippen LogP contribution in [0.4, 0.5) is 0 Å². The van der Waals surface area contributed by atoms with Crippen LogP contribution in [0, 0.1) is 18.3 Å². The van der Waals surface area contributed by atoms with Crippen molar-refractivity contribution in [1.82, 2.24) is 10.2 Å². The van der Waals surface area contributed by atoms with Crippen molar-refractivity contribution >= 4 is 15.7 Å². The molecular weight excluding hydrogens is 372 g/mol. The fourth-order valence-electron chi connectivity index (χ4n) is 3.62. The van der Waals surface area contributed by atoms with Gasteiger partial charge in [-0.25, -0.2) is 8.42 Å². The van der Waals surface area contributed by atoms with Gasteiger partial charge in [0.15, 0.2) is 9.84 Å². The summed E-state index contributed by atoms with van der Waals surface area (Å²) < 4.78 is 23.6. The minimum absolute atomic E-state index is 0.0756. The summed E-state index contributed by atoms with van der Waals surface area (Å²) in [4.78, 5) is 14.5. The Morgan fingerprint density at radius 3 is 2.29 bits per heavy atom. The fraction of sp³-hybridized carbons (Fsp3) is 0.591. The molecule has 6 heteroatoms. The summed E-state index contributed by atoms with van der Waals surface area (Å²) in [5.41, 5.74) is 2.33. The molecule has 1 N–H and O–H groups in total. The highest BCUT2D eigenvalue weighted by molar-refractivity contribution is 7.91. The molecule has 0 spiro atoms. The van der Waals surface area contributed by atoms with Gasteiger partial charge in [-0.05, 0) is 29.4 Å². The predicted molar refractivity (Wildman–Crippen MR) is 114 cm³/mol. The average Bonchev–Trinajstić information content (AvgIpc) is 2.99. The number of hydrogen-bond acceptors (Lipinski definition) is 4. The number of nitrogens with one attached hydrogen (secondary N) is 1. The van der Waals surface area contributed by atoms with Crippen LogP contribution in [-0.4, -0.2) is 49.9 Å². The van der Waals surface area contributed by atoms with Crippen LogP contribution < -0.4 is 5.32 Å². The second-order valence-electron chi connectivity index (χ2n) is 8.28. The zero-order valence-electron chi connectivity index (χ0n) is 17.3. The summed E-state index contributed by atoms with van der Waals surface area (Å²) >= 11 is 0. The Kier molecular flexibility index (Phi) is 7.68. The van der Waals surface area contributed by atoms with Crippen LogP contribution in [0.15, 0.2) is 24.3 Å². The maximum absolute atomic E-state index is 12.7. The van der Waals surface area contributed by atoms with E-state index in [4.69, 9.17) is 6.42 Å². The van der Waals surface area contributed by atoms with Crippen molar-refractivity contribution in [3.05, 3.63) is 35.4 Å². The van der Waals surface area contributed by atoms with Gasteiger partial charge in [0.2, 0.25) is 5.91 Å². The number of hydrogen-bond donors (Lipinski definition) is 1. The monoisotopic (exact) mass is 404 g/mol. The number of benzene rings is 1. The second kappa shape index (κ2) is 9.58. The lowest BCUT2D eigenvalue weighted by atomic mass is 9.93. The van der Waals surface area contributed by atoms with Crippen LogP contribution in [0.1, 0.15) is 57.2 Å². The molecule has 2 atom stereocenters.